The zero-order chi connectivity index (χ0) is 17.4. The molecule has 24 heavy (non-hydrogen) atoms. The van der Waals surface area contributed by atoms with Gasteiger partial charge in [-0.2, -0.15) is 0 Å². The molecule has 126 valence electrons. The van der Waals surface area contributed by atoms with Crippen molar-refractivity contribution in [3.63, 3.8) is 0 Å². The van der Waals surface area contributed by atoms with Gasteiger partial charge in [-0.05, 0) is 0 Å². The molecule has 0 radical (unpaired) electrons. The summed E-state index contributed by atoms with van der Waals surface area (Å²) in [7, 11) is 0. The minimum absolute atomic E-state index is 0.0603. The van der Waals surface area contributed by atoms with Crippen LogP contribution in [0.5, 0.6) is 0 Å². The standard InChI is InChI=1S/C20H23NO2Se/c1-4-23-20(22)19(16(3)24-18-13-9-6-10-14-18)21-15(2)17-11-7-5-8-12-17/h5-16H,4H2,1-3H3/t15-,16?/m1/s1. The van der Waals surface area contributed by atoms with Gasteiger partial charge in [0.05, 0.1) is 0 Å². The number of benzene rings is 2. The van der Waals surface area contributed by atoms with E-state index in [9.17, 15) is 4.79 Å². The first-order valence-electron chi connectivity index (χ1n) is 8.13. The van der Waals surface area contributed by atoms with E-state index in [1.807, 2.05) is 62.4 Å². The molecule has 0 aromatic heterocycles. The third-order valence-corrected chi connectivity index (χ3v) is 5.89. The number of carbonyl (C=O) groups is 1. The van der Waals surface area contributed by atoms with E-state index in [0.717, 1.165) is 5.56 Å². The maximum atomic E-state index is 12.4. The van der Waals surface area contributed by atoms with Crippen LogP contribution in [0.4, 0.5) is 0 Å². The van der Waals surface area contributed by atoms with E-state index in [2.05, 4.69) is 19.1 Å². The number of aliphatic imine (C=N–C) groups is 1. The average molecular weight is 388 g/mol. The summed E-state index contributed by atoms with van der Waals surface area (Å²) in [6.07, 6.45) is 0. The third-order valence-electron chi connectivity index (χ3n) is 3.54. The summed E-state index contributed by atoms with van der Waals surface area (Å²) in [4.78, 5) is 17.2. The monoisotopic (exact) mass is 389 g/mol. The molecular formula is C20H23NO2Se. The molecular weight excluding hydrogens is 365 g/mol. The number of rotatable bonds is 7. The topological polar surface area (TPSA) is 38.7 Å². The van der Waals surface area contributed by atoms with Gasteiger partial charge in [-0.3, -0.25) is 0 Å². The van der Waals surface area contributed by atoms with Crippen molar-refractivity contribution in [1.29, 1.82) is 0 Å². The van der Waals surface area contributed by atoms with Gasteiger partial charge in [-0.15, -0.1) is 0 Å². The van der Waals surface area contributed by atoms with Crippen molar-refractivity contribution in [3.05, 3.63) is 66.2 Å². The van der Waals surface area contributed by atoms with Crippen molar-refractivity contribution in [2.45, 2.75) is 31.6 Å². The molecule has 3 nitrogen and oxygen atoms in total. The van der Waals surface area contributed by atoms with Crippen LogP contribution in [0.25, 0.3) is 0 Å². The Morgan fingerprint density at radius 2 is 1.62 bits per heavy atom. The second kappa shape index (κ2) is 9.41. The Morgan fingerprint density at radius 1 is 1.04 bits per heavy atom. The van der Waals surface area contributed by atoms with E-state index in [4.69, 9.17) is 9.73 Å². The SMILES string of the molecule is CCOC(=O)C(=N[C@H](C)c1ccccc1)C(C)[Se]c1ccccc1. The van der Waals surface area contributed by atoms with E-state index in [1.165, 1.54) is 4.46 Å². The molecule has 0 fully saturated rings. The fraction of sp³-hybridized carbons (Fsp3) is 0.300. The van der Waals surface area contributed by atoms with Crippen molar-refractivity contribution < 1.29 is 9.53 Å². The van der Waals surface area contributed by atoms with Crippen LogP contribution in [0.1, 0.15) is 32.4 Å². The summed E-state index contributed by atoms with van der Waals surface area (Å²) in [5, 5.41) is 0. The quantitative estimate of drug-likeness (QED) is 0.413. The molecule has 0 heterocycles. The number of carbonyl (C=O) groups excluding carboxylic acids is 1. The van der Waals surface area contributed by atoms with Gasteiger partial charge in [0.25, 0.3) is 0 Å². The second-order valence-electron chi connectivity index (χ2n) is 5.39. The Bertz CT molecular complexity index is 671. The van der Waals surface area contributed by atoms with Crippen LogP contribution in [-0.4, -0.2) is 33.2 Å². The van der Waals surface area contributed by atoms with Gasteiger partial charge in [0.1, 0.15) is 0 Å². The van der Waals surface area contributed by atoms with Crippen molar-refractivity contribution >= 4 is 31.1 Å². The molecule has 1 unspecified atom stereocenters. The number of esters is 1. The maximum absolute atomic E-state index is 12.4. The zero-order valence-electron chi connectivity index (χ0n) is 14.3. The summed E-state index contributed by atoms with van der Waals surface area (Å²) < 4.78 is 6.49. The van der Waals surface area contributed by atoms with E-state index < -0.39 is 0 Å². The zero-order valence-corrected chi connectivity index (χ0v) is 16.0. The molecule has 0 amide bonds. The average Bonchev–Trinajstić information content (AvgIpc) is 2.61. The molecule has 0 saturated carbocycles. The van der Waals surface area contributed by atoms with Crippen molar-refractivity contribution in [1.82, 2.24) is 0 Å². The molecule has 2 atom stereocenters. The molecule has 0 aliphatic carbocycles. The van der Waals surface area contributed by atoms with E-state index in [-0.39, 0.29) is 31.8 Å². The van der Waals surface area contributed by atoms with Crippen molar-refractivity contribution in [2.24, 2.45) is 4.99 Å². The van der Waals surface area contributed by atoms with Crippen LogP contribution >= 0.6 is 0 Å². The van der Waals surface area contributed by atoms with Crippen LogP contribution in [0.3, 0.4) is 0 Å². The van der Waals surface area contributed by atoms with Crippen LogP contribution in [0.15, 0.2) is 65.7 Å². The summed E-state index contributed by atoms with van der Waals surface area (Å²) in [6.45, 7) is 6.25. The predicted molar refractivity (Wildman–Crippen MR) is 100 cm³/mol. The molecule has 2 aromatic carbocycles. The number of hydrogen-bond donors (Lipinski definition) is 0. The summed E-state index contributed by atoms with van der Waals surface area (Å²) in [5.41, 5.74) is 1.63. The van der Waals surface area contributed by atoms with Gasteiger partial charge in [0.15, 0.2) is 0 Å². The summed E-state index contributed by atoms with van der Waals surface area (Å²) in [5.74, 6) is -0.300. The molecule has 0 saturated heterocycles. The third kappa shape index (κ3) is 5.33. The first-order chi connectivity index (χ1) is 11.6. The van der Waals surface area contributed by atoms with Gasteiger partial charge in [0.2, 0.25) is 0 Å². The molecule has 2 aromatic rings. The molecule has 4 heteroatoms. The van der Waals surface area contributed by atoms with Gasteiger partial charge >= 0.3 is 150 Å². The normalized spacial score (nSPS) is 14.0. The summed E-state index contributed by atoms with van der Waals surface area (Å²) in [6, 6.07) is 20.2. The molecule has 0 aliphatic heterocycles. The molecule has 0 bridgehead atoms. The molecule has 0 spiro atoms. The summed E-state index contributed by atoms with van der Waals surface area (Å²) >= 11 is 0.128. The van der Waals surface area contributed by atoms with E-state index in [0.29, 0.717) is 12.3 Å². The second-order valence-corrected chi connectivity index (χ2v) is 8.36. The molecule has 2 rings (SSSR count). The first-order valence-corrected chi connectivity index (χ1v) is 9.97. The fourth-order valence-corrected chi connectivity index (χ4v) is 4.38. The fourth-order valence-electron chi connectivity index (χ4n) is 2.30. The van der Waals surface area contributed by atoms with Crippen molar-refractivity contribution in [2.75, 3.05) is 6.61 Å². The first kappa shape index (κ1) is 18.4. The Labute approximate surface area is 150 Å². The Balaban J connectivity index is 2.23. The Kier molecular flexibility index (Phi) is 7.23. The molecule has 0 aliphatic rings. The van der Waals surface area contributed by atoms with Crippen LogP contribution in [0.2, 0.25) is 4.82 Å². The number of ether oxygens (including phenoxy) is 1. The van der Waals surface area contributed by atoms with Crippen LogP contribution < -0.4 is 4.46 Å². The molecule has 0 N–H and O–H groups in total. The van der Waals surface area contributed by atoms with Gasteiger partial charge < -0.3 is 0 Å². The Morgan fingerprint density at radius 3 is 2.21 bits per heavy atom. The van der Waals surface area contributed by atoms with E-state index >= 15 is 0 Å². The van der Waals surface area contributed by atoms with Gasteiger partial charge in [-0.1, -0.05) is 0 Å². The van der Waals surface area contributed by atoms with Crippen LogP contribution in [0, 0.1) is 0 Å². The predicted octanol–water partition coefficient (Wildman–Crippen LogP) is 3.59. The van der Waals surface area contributed by atoms with Crippen LogP contribution in [-0.2, 0) is 9.53 Å². The van der Waals surface area contributed by atoms with Gasteiger partial charge in [-0.25, -0.2) is 0 Å². The number of hydrogen-bond acceptors (Lipinski definition) is 3. The van der Waals surface area contributed by atoms with Gasteiger partial charge in [0, 0.05) is 0 Å². The minimum atomic E-state index is -0.300. The number of nitrogens with zero attached hydrogens (tertiary/aromatic N) is 1. The van der Waals surface area contributed by atoms with Crippen molar-refractivity contribution in [3.8, 4) is 0 Å². The Hall–Kier alpha value is -1.90. The van der Waals surface area contributed by atoms with E-state index in [1.54, 1.807) is 0 Å².